The van der Waals surface area contributed by atoms with Crippen LogP contribution in [-0.4, -0.2) is 17.0 Å². The number of carbonyl (C=O) groups is 2. The lowest BCUT2D eigenvalue weighted by atomic mass is 9.82. The van der Waals surface area contributed by atoms with Crippen LogP contribution in [0.25, 0.3) is 0 Å². The maximum Gasteiger partial charge on any atom is 0.307 e. The molecule has 0 spiro atoms. The Labute approximate surface area is 125 Å². The van der Waals surface area contributed by atoms with E-state index < -0.39 is 17.8 Å². The second-order valence-electron chi connectivity index (χ2n) is 5.31. The number of para-hydroxylation sites is 1. The van der Waals surface area contributed by atoms with Crippen molar-refractivity contribution in [3.63, 3.8) is 0 Å². The molecule has 5 heteroatoms. The molecule has 4 nitrogen and oxygen atoms in total. The summed E-state index contributed by atoms with van der Waals surface area (Å²) < 4.78 is 0.791. The summed E-state index contributed by atoms with van der Waals surface area (Å²) in [5.74, 6) is -2.13. The van der Waals surface area contributed by atoms with Crippen LogP contribution in [0.1, 0.15) is 6.42 Å². The molecule has 0 heterocycles. The molecule has 20 heavy (non-hydrogen) atoms. The quantitative estimate of drug-likeness (QED) is 0.834. The van der Waals surface area contributed by atoms with Crippen molar-refractivity contribution in [3.05, 3.63) is 40.9 Å². The van der Waals surface area contributed by atoms with Crippen molar-refractivity contribution in [2.24, 2.45) is 23.7 Å². The molecule has 2 N–H and O–H groups in total. The topological polar surface area (TPSA) is 66.4 Å². The third-order valence-electron chi connectivity index (χ3n) is 4.18. The van der Waals surface area contributed by atoms with E-state index >= 15 is 0 Å². The molecule has 1 fully saturated rings. The van der Waals surface area contributed by atoms with E-state index in [0.717, 1.165) is 10.9 Å². The molecule has 2 aliphatic rings. The Balaban J connectivity index is 1.82. The Bertz CT molecular complexity index is 599. The molecule has 104 valence electrons. The molecule has 0 unspecified atom stereocenters. The fraction of sp³-hybridized carbons (Fsp3) is 0.333. The van der Waals surface area contributed by atoms with Gasteiger partial charge in [0.05, 0.1) is 17.5 Å². The number of benzene rings is 1. The van der Waals surface area contributed by atoms with Gasteiger partial charge in [-0.3, -0.25) is 9.59 Å². The fourth-order valence-electron chi connectivity index (χ4n) is 3.29. The molecule has 3 rings (SSSR count). The van der Waals surface area contributed by atoms with Crippen molar-refractivity contribution in [1.29, 1.82) is 0 Å². The van der Waals surface area contributed by atoms with Gasteiger partial charge in [0.2, 0.25) is 5.91 Å². The molecular formula is C15H14BrNO3. The first-order valence-electron chi connectivity index (χ1n) is 6.54. The summed E-state index contributed by atoms with van der Waals surface area (Å²) in [7, 11) is 0. The summed E-state index contributed by atoms with van der Waals surface area (Å²) in [6, 6.07) is 7.32. The predicted molar refractivity (Wildman–Crippen MR) is 78.1 cm³/mol. The summed E-state index contributed by atoms with van der Waals surface area (Å²) in [6.45, 7) is 0. The van der Waals surface area contributed by atoms with Crippen LogP contribution in [0.15, 0.2) is 40.9 Å². The van der Waals surface area contributed by atoms with E-state index in [1.807, 2.05) is 30.4 Å². The molecule has 4 atom stereocenters. The second kappa shape index (κ2) is 5.05. The number of carboxylic acid groups (broad SMARTS) is 1. The Hall–Kier alpha value is -1.62. The average molecular weight is 336 g/mol. The normalized spacial score (nSPS) is 30.4. The number of aliphatic carboxylic acids is 1. The molecule has 0 saturated heterocycles. The Morgan fingerprint density at radius 3 is 2.45 bits per heavy atom. The van der Waals surface area contributed by atoms with Crippen molar-refractivity contribution in [3.8, 4) is 0 Å². The van der Waals surface area contributed by atoms with Gasteiger partial charge in [0.15, 0.2) is 0 Å². The molecule has 1 aromatic rings. The van der Waals surface area contributed by atoms with Gasteiger partial charge >= 0.3 is 5.97 Å². The van der Waals surface area contributed by atoms with E-state index in [4.69, 9.17) is 0 Å². The fourth-order valence-corrected chi connectivity index (χ4v) is 3.68. The van der Waals surface area contributed by atoms with Crippen LogP contribution in [0.2, 0.25) is 0 Å². The van der Waals surface area contributed by atoms with Crippen molar-refractivity contribution in [2.45, 2.75) is 6.42 Å². The van der Waals surface area contributed by atoms with E-state index in [0.29, 0.717) is 5.69 Å². The number of halogens is 1. The zero-order valence-corrected chi connectivity index (χ0v) is 12.2. The summed E-state index contributed by atoms with van der Waals surface area (Å²) in [4.78, 5) is 23.8. The van der Waals surface area contributed by atoms with Gasteiger partial charge in [0, 0.05) is 4.47 Å². The average Bonchev–Trinajstić information content (AvgIpc) is 3.01. The van der Waals surface area contributed by atoms with Crippen LogP contribution >= 0.6 is 15.9 Å². The van der Waals surface area contributed by atoms with Crippen molar-refractivity contribution >= 4 is 33.5 Å². The van der Waals surface area contributed by atoms with Gasteiger partial charge in [-0.05, 0) is 46.3 Å². The molecule has 1 amide bonds. The smallest absolute Gasteiger partial charge is 0.307 e. The Morgan fingerprint density at radius 1 is 1.15 bits per heavy atom. The number of allylic oxidation sites excluding steroid dienone is 2. The Kier molecular flexibility index (Phi) is 3.38. The van der Waals surface area contributed by atoms with Gasteiger partial charge in [-0.2, -0.15) is 0 Å². The first-order chi connectivity index (χ1) is 9.58. The molecule has 2 bridgehead atoms. The molecule has 0 radical (unpaired) electrons. The van der Waals surface area contributed by atoms with Gasteiger partial charge in [0.25, 0.3) is 0 Å². The third kappa shape index (κ3) is 2.16. The highest BCUT2D eigenvalue weighted by Gasteiger charge is 2.51. The molecule has 1 aromatic carbocycles. The van der Waals surface area contributed by atoms with Gasteiger partial charge in [-0.25, -0.2) is 0 Å². The minimum Gasteiger partial charge on any atom is -0.481 e. The number of carbonyl (C=O) groups excluding carboxylic acids is 1. The van der Waals surface area contributed by atoms with Crippen LogP contribution in [0.4, 0.5) is 5.69 Å². The van der Waals surface area contributed by atoms with Crippen molar-refractivity contribution in [2.75, 3.05) is 5.32 Å². The minimum absolute atomic E-state index is 0.00698. The minimum atomic E-state index is -0.880. The van der Waals surface area contributed by atoms with Gasteiger partial charge in [0.1, 0.15) is 0 Å². The number of rotatable bonds is 3. The monoisotopic (exact) mass is 335 g/mol. The van der Waals surface area contributed by atoms with E-state index in [9.17, 15) is 14.7 Å². The highest BCUT2D eigenvalue weighted by atomic mass is 79.9. The number of nitrogens with one attached hydrogen (secondary N) is 1. The number of carboxylic acids is 1. The van der Waals surface area contributed by atoms with Crippen molar-refractivity contribution < 1.29 is 14.7 Å². The summed E-state index contributed by atoms with van der Waals surface area (Å²) in [5, 5.41) is 12.2. The molecule has 0 aliphatic heterocycles. The van der Waals surface area contributed by atoms with Crippen LogP contribution in [0.5, 0.6) is 0 Å². The van der Waals surface area contributed by atoms with Gasteiger partial charge in [-0.1, -0.05) is 24.3 Å². The lowest BCUT2D eigenvalue weighted by molar-refractivity contribution is -0.146. The molecular weight excluding hydrogens is 322 g/mol. The maximum absolute atomic E-state index is 12.4. The standard InChI is InChI=1S/C15H14BrNO3/c16-10-3-1-2-4-11(10)17-14(18)12-8-5-6-9(7-8)13(12)15(19)20/h1-6,8-9,12-13H,7H2,(H,17,18)(H,19,20)/t8-,9-,12-,13-/m0/s1. The van der Waals surface area contributed by atoms with Gasteiger partial charge in [-0.15, -0.1) is 0 Å². The summed E-state index contributed by atoms with van der Waals surface area (Å²) >= 11 is 3.37. The summed E-state index contributed by atoms with van der Waals surface area (Å²) in [6.07, 6.45) is 4.69. The number of amides is 1. The van der Waals surface area contributed by atoms with Crippen LogP contribution in [-0.2, 0) is 9.59 Å². The predicted octanol–water partition coefficient (Wildman–Crippen LogP) is 2.91. The Morgan fingerprint density at radius 2 is 1.80 bits per heavy atom. The molecule has 1 saturated carbocycles. The first kappa shape index (κ1) is 13.4. The highest BCUT2D eigenvalue weighted by Crippen LogP contribution is 2.48. The van der Waals surface area contributed by atoms with Crippen LogP contribution < -0.4 is 5.32 Å². The highest BCUT2D eigenvalue weighted by molar-refractivity contribution is 9.10. The SMILES string of the molecule is O=C(O)[C@@H]1[C@@H](C(=O)Nc2ccccc2Br)[C@H]2C=C[C@H]1C2. The zero-order valence-electron chi connectivity index (χ0n) is 10.6. The summed E-state index contributed by atoms with van der Waals surface area (Å²) in [5.41, 5.74) is 0.674. The largest absolute Gasteiger partial charge is 0.481 e. The van der Waals surface area contributed by atoms with E-state index in [1.165, 1.54) is 0 Å². The third-order valence-corrected chi connectivity index (χ3v) is 4.87. The first-order valence-corrected chi connectivity index (χ1v) is 7.34. The lowest BCUT2D eigenvalue weighted by Crippen LogP contribution is -2.36. The number of anilines is 1. The van der Waals surface area contributed by atoms with Crippen LogP contribution in [0, 0.1) is 23.7 Å². The number of fused-ring (bicyclic) bond motifs is 2. The second-order valence-corrected chi connectivity index (χ2v) is 6.16. The maximum atomic E-state index is 12.4. The van der Waals surface area contributed by atoms with Gasteiger partial charge < -0.3 is 10.4 Å². The van der Waals surface area contributed by atoms with Crippen LogP contribution in [0.3, 0.4) is 0 Å². The number of hydrogen-bond donors (Lipinski definition) is 2. The molecule has 0 aromatic heterocycles. The zero-order chi connectivity index (χ0) is 14.3. The van der Waals surface area contributed by atoms with E-state index in [-0.39, 0.29) is 17.7 Å². The number of hydrogen-bond acceptors (Lipinski definition) is 2. The van der Waals surface area contributed by atoms with E-state index in [1.54, 1.807) is 6.07 Å². The lowest BCUT2D eigenvalue weighted by Gasteiger charge is -2.24. The van der Waals surface area contributed by atoms with Crippen molar-refractivity contribution in [1.82, 2.24) is 0 Å². The molecule has 2 aliphatic carbocycles. The van der Waals surface area contributed by atoms with E-state index in [2.05, 4.69) is 21.2 Å².